The number of cyclic esters (lactones) is 1. The summed E-state index contributed by atoms with van der Waals surface area (Å²) in [6.07, 6.45) is 13.8. The van der Waals surface area contributed by atoms with Gasteiger partial charge in [0.25, 0.3) is 0 Å². The summed E-state index contributed by atoms with van der Waals surface area (Å²) in [7, 11) is 1.38. The van der Waals surface area contributed by atoms with Gasteiger partial charge < -0.3 is 18.9 Å². The number of methoxy groups -OCH3 is 1. The first-order valence-electron chi connectivity index (χ1n) is 12.1. The quantitative estimate of drug-likeness (QED) is 0.190. The van der Waals surface area contributed by atoms with Gasteiger partial charge in [0.2, 0.25) is 0 Å². The molecule has 0 spiro atoms. The Morgan fingerprint density at radius 3 is 2.45 bits per heavy atom. The normalized spacial score (nSPS) is 38.6. The van der Waals surface area contributed by atoms with Crippen LogP contribution >= 0.6 is 22.6 Å². The van der Waals surface area contributed by atoms with E-state index in [0.29, 0.717) is 18.8 Å². The average Bonchev–Trinajstić information content (AvgIpc) is 2.76. The van der Waals surface area contributed by atoms with E-state index in [9.17, 15) is 9.59 Å². The number of hydrogen-bond acceptors (Lipinski definition) is 6. The Kier molecular flexibility index (Phi) is 10.4. The van der Waals surface area contributed by atoms with E-state index in [1.807, 2.05) is 10.2 Å². The zero-order valence-electron chi connectivity index (χ0n) is 19.9. The van der Waals surface area contributed by atoms with E-state index in [2.05, 4.69) is 48.6 Å². The summed E-state index contributed by atoms with van der Waals surface area (Å²) in [6.45, 7) is 4.28. The largest absolute Gasteiger partial charge is 0.466 e. The molecule has 184 valence electrons. The third kappa shape index (κ3) is 8.51. The zero-order chi connectivity index (χ0) is 23.8. The van der Waals surface area contributed by atoms with Crippen molar-refractivity contribution in [3.05, 3.63) is 34.0 Å². The Balaban J connectivity index is 1.83. The fraction of sp³-hybridized carbons (Fsp3) is 0.692. The maximum atomic E-state index is 12.8. The Hall–Kier alpha value is -1.19. The molecule has 0 aliphatic carbocycles. The first kappa shape index (κ1) is 26.4. The first-order valence-corrected chi connectivity index (χ1v) is 13.3. The van der Waals surface area contributed by atoms with Crippen LogP contribution in [0, 0.1) is 11.8 Å². The van der Waals surface area contributed by atoms with E-state index in [1.165, 1.54) is 7.11 Å². The number of carbonyl (C=O) groups is 2. The number of rotatable bonds is 2. The SMILES string of the molecule is COC(=O)/C=C1\C[C@@H]2CC(=O)O[C@H](/C=C/I)[C@H](C)/C=C/[C@@H](C)C[C@@H]3CCC[C@H](C[C@H](C1)O2)O3. The molecule has 0 aromatic carbocycles. The molecule has 0 N–H and O–H groups in total. The number of fused-ring (bicyclic) bond motifs is 4. The van der Waals surface area contributed by atoms with Crippen LogP contribution in [0.2, 0.25) is 0 Å². The van der Waals surface area contributed by atoms with Crippen molar-refractivity contribution in [2.75, 3.05) is 7.11 Å². The van der Waals surface area contributed by atoms with Crippen LogP contribution in [0.5, 0.6) is 0 Å². The highest BCUT2D eigenvalue weighted by molar-refractivity contribution is 14.1. The van der Waals surface area contributed by atoms with Crippen LogP contribution in [0.25, 0.3) is 0 Å². The van der Waals surface area contributed by atoms with Crippen molar-refractivity contribution in [1.29, 1.82) is 0 Å². The summed E-state index contributed by atoms with van der Waals surface area (Å²) in [5, 5.41) is 0. The summed E-state index contributed by atoms with van der Waals surface area (Å²) in [6, 6.07) is 0. The van der Waals surface area contributed by atoms with Crippen molar-refractivity contribution in [3.8, 4) is 0 Å². The molecule has 0 aromatic heterocycles. The van der Waals surface area contributed by atoms with E-state index in [-0.39, 0.29) is 54.8 Å². The molecule has 3 heterocycles. The second kappa shape index (κ2) is 13.0. The fourth-order valence-corrected chi connectivity index (χ4v) is 5.42. The molecule has 3 rings (SSSR count). The maximum absolute atomic E-state index is 12.8. The predicted molar refractivity (Wildman–Crippen MR) is 135 cm³/mol. The van der Waals surface area contributed by atoms with Crippen molar-refractivity contribution in [1.82, 2.24) is 0 Å². The third-order valence-electron chi connectivity index (χ3n) is 6.67. The smallest absolute Gasteiger partial charge is 0.330 e. The van der Waals surface area contributed by atoms with Gasteiger partial charge in [0.15, 0.2) is 0 Å². The van der Waals surface area contributed by atoms with Crippen LogP contribution in [0.15, 0.2) is 34.0 Å². The molecule has 0 aromatic rings. The van der Waals surface area contributed by atoms with Gasteiger partial charge in [0.05, 0.1) is 37.9 Å². The fourth-order valence-electron chi connectivity index (χ4n) is 5.01. The summed E-state index contributed by atoms with van der Waals surface area (Å²) in [4.78, 5) is 24.7. The monoisotopic (exact) mass is 572 g/mol. The summed E-state index contributed by atoms with van der Waals surface area (Å²) < 4.78 is 25.4. The van der Waals surface area contributed by atoms with Crippen LogP contribution in [0.3, 0.4) is 0 Å². The molecule has 7 atom stereocenters. The van der Waals surface area contributed by atoms with Crippen LogP contribution in [-0.4, -0.2) is 49.6 Å². The lowest BCUT2D eigenvalue weighted by atomic mass is 9.89. The van der Waals surface area contributed by atoms with E-state index in [1.54, 1.807) is 6.08 Å². The molecule has 0 unspecified atom stereocenters. The minimum atomic E-state index is -0.370. The molecule has 7 heteroatoms. The van der Waals surface area contributed by atoms with Gasteiger partial charge in [-0.1, -0.05) is 54.2 Å². The van der Waals surface area contributed by atoms with Gasteiger partial charge in [0, 0.05) is 18.4 Å². The highest BCUT2D eigenvalue weighted by atomic mass is 127. The van der Waals surface area contributed by atoms with Crippen molar-refractivity contribution in [2.24, 2.45) is 11.8 Å². The number of esters is 2. The van der Waals surface area contributed by atoms with Gasteiger partial charge >= 0.3 is 11.9 Å². The van der Waals surface area contributed by atoms with Crippen molar-refractivity contribution in [3.63, 3.8) is 0 Å². The molecule has 2 saturated heterocycles. The average molecular weight is 572 g/mol. The second-order valence-corrected chi connectivity index (χ2v) is 10.3. The van der Waals surface area contributed by atoms with Crippen molar-refractivity contribution in [2.45, 2.75) is 95.7 Å². The lowest BCUT2D eigenvalue weighted by Crippen LogP contribution is -2.37. The van der Waals surface area contributed by atoms with E-state index >= 15 is 0 Å². The molecule has 0 amide bonds. The molecule has 3 aliphatic rings. The molecule has 0 radical (unpaired) electrons. The lowest BCUT2D eigenvalue weighted by molar-refractivity contribution is -0.154. The molecule has 2 fully saturated rings. The predicted octanol–water partition coefficient (Wildman–Crippen LogP) is 5.44. The van der Waals surface area contributed by atoms with Crippen molar-refractivity contribution >= 4 is 34.5 Å². The molecule has 0 saturated carbocycles. The number of ether oxygens (including phenoxy) is 4. The number of hydrogen-bond donors (Lipinski definition) is 0. The molecular formula is C26H37IO6. The Labute approximate surface area is 211 Å². The highest BCUT2D eigenvalue weighted by Crippen LogP contribution is 2.33. The molecular weight excluding hydrogens is 535 g/mol. The summed E-state index contributed by atoms with van der Waals surface area (Å²) in [5.74, 6) is -0.212. The van der Waals surface area contributed by atoms with Gasteiger partial charge in [-0.3, -0.25) is 4.79 Å². The Morgan fingerprint density at radius 2 is 1.73 bits per heavy atom. The maximum Gasteiger partial charge on any atom is 0.330 e. The Morgan fingerprint density at radius 1 is 1.03 bits per heavy atom. The standard InChI is InChI=1S/C26H37IO6/c1-17-7-8-18(2)24(9-10-27)33-26(29)16-23-13-19(14-25(28)30-3)12-22(32-23)15-21-6-4-5-20(11-17)31-21/h7-10,14,17-18,20-24H,4-6,11-13,15-16H2,1-3H3/b8-7+,10-9+,19-14-/t17-,18-,20+,21-,22+,23-,24-/m1/s1. The summed E-state index contributed by atoms with van der Waals surface area (Å²) in [5.41, 5.74) is 0.956. The number of allylic oxidation sites excluding steroid dienone is 1. The minimum Gasteiger partial charge on any atom is -0.466 e. The summed E-state index contributed by atoms with van der Waals surface area (Å²) >= 11 is 2.15. The van der Waals surface area contributed by atoms with Gasteiger partial charge in [-0.05, 0) is 54.6 Å². The third-order valence-corrected chi connectivity index (χ3v) is 7.09. The highest BCUT2D eigenvalue weighted by Gasteiger charge is 2.33. The minimum absolute atomic E-state index is 0.0603. The van der Waals surface area contributed by atoms with Gasteiger partial charge in [-0.2, -0.15) is 0 Å². The van der Waals surface area contributed by atoms with Crippen LogP contribution in [-0.2, 0) is 28.5 Å². The van der Waals surface area contributed by atoms with Crippen LogP contribution < -0.4 is 0 Å². The van der Waals surface area contributed by atoms with E-state index < -0.39 is 0 Å². The molecule has 4 bridgehead atoms. The van der Waals surface area contributed by atoms with E-state index in [0.717, 1.165) is 37.7 Å². The second-order valence-electron chi connectivity index (χ2n) is 9.59. The number of carbonyl (C=O) groups excluding carboxylic acids is 2. The van der Waals surface area contributed by atoms with Crippen LogP contribution in [0.1, 0.15) is 65.2 Å². The first-order chi connectivity index (χ1) is 15.9. The zero-order valence-corrected chi connectivity index (χ0v) is 22.1. The van der Waals surface area contributed by atoms with Crippen LogP contribution in [0.4, 0.5) is 0 Å². The molecule has 6 nitrogen and oxygen atoms in total. The molecule has 3 aliphatic heterocycles. The van der Waals surface area contributed by atoms with Gasteiger partial charge in [0.1, 0.15) is 6.10 Å². The van der Waals surface area contributed by atoms with Crippen molar-refractivity contribution < 1.29 is 28.5 Å². The number of halogens is 1. The molecule has 33 heavy (non-hydrogen) atoms. The van der Waals surface area contributed by atoms with Gasteiger partial charge in [-0.25, -0.2) is 4.79 Å². The van der Waals surface area contributed by atoms with Gasteiger partial charge in [-0.15, -0.1) is 0 Å². The lowest BCUT2D eigenvalue weighted by Gasteiger charge is -2.37. The van der Waals surface area contributed by atoms with E-state index in [4.69, 9.17) is 18.9 Å². The topological polar surface area (TPSA) is 71.1 Å². The Bertz CT molecular complexity index is 760.